The highest BCUT2D eigenvalue weighted by atomic mass is 16.6. The number of anilines is 1. The maximum Gasteiger partial charge on any atom is 0.269 e. The number of hydrogen-bond acceptors (Lipinski definition) is 4. The smallest absolute Gasteiger partial charge is 0.269 e. The van der Waals surface area contributed by atoms with Gasteiger partial charge in [-0.05, 0) is 13.0 Å². The highest BCUT2D eigenvalue weighted by Crippen LogP contribution is 2.25. The molecule has 0 spiro atoms. The van der Waals surface area contributed by atoms with Crippen molar-refractivity contribution in [2.45, 2.75) is 13.5 Å². The highest BCUT2D eigenvalue weighted by molar-refractivity contribution is 5.57. The Hall–Kier alpha value is -1.88. The summed E-state index contributed by atoms with van der Waals surface area (Å²) < 4.78 is 5.09. The Morgan fingerprint density at radius 2 is 2.22 bits per heavy atom. The van der Waals surface area contributed by atoms with Crippen molar-refractivity contribution < 1.29 is 9.66 Å². The molecule has 0 fully saturated rings. The van der Waals surface area contributed by atoms with Crippen molar-refractivity contribution in [3.63, 3.8) is 0 Å². The van der Waals surface area contributed by atoms with Gasteiger partial charge in [0.25, 0.3) is 5.69 Å². The molecule has 1 rings (SSSR count). The molecule has 5 heteroatoms. The molecular formula is C13H18N2O3. The van der Waals surface area contributed by atoms with Crippen LogP contribution >= 0.6 is 0 Å². The van der Waals surface area contributed by atoms with Crippen LogP contribution in [0.1, 0.15) is 12.5 Å². The molecule has 0 saturated carbocycles. The van der Waals surface area contributed by atoms with Gasteiger partial charge in [0, 0.05) is 44.1 Å². The van der Waals surface area contributed by atoms with E-state index in [9.17, 15) is 10.1 Å². The summed E-state index contributed by atoms with van der Waals surface area (Å²) >= 11 is 0. The van der Waals surface area contributed by atoms with Crippen molar-refractivity contribution >= 4 is 11.4 Å². The predicted molar refractivity (Wildman–Crippen MR) is 71.9 cm³/mol. The lowest BCUT2D eigenvalue weighted by atomic mass is 10.1. The number of nitro benzene ring substituents is 1. The average molecular weight is 250 g/mol. The fourth-order valence-electron chi connectivity index (χ4n) is 1.82. The van der Waals surface area contributed by atoms with Gasteiger partial charge in [0.05, 0.1) is 11.5 Å². The summed E-state index contributed by atoms with van der Waals surface area (Å²) in [6, 6.07) is 4.80. The monoisotopic (exact) mass is 250 g/mol. The number of nitrogens with zero attached hydrogens (tertiary/aromatic N) is 2. The molecule has 98 valence electrons. The number of ether oxygens (including phenoxy) is 1. The summed E-state index contributed by atoms with van der Waals surface area (Å²) in [6.07, 6.45) is 0. The summed E-state index contributed by atoms with van der Waals surface area (Å²) in [6.45, 7) is 6.85. The third kappa shape index (κ3) is 3.56. The Balaban J connectivity index is 3.09. The van der Waals surface area contributed by atoms with E-state index in [0.717, 1.165) is 16.8 Å². The SMILES string of the molecule is C=C(C)CN(C)c1ccc([N+](=O)[O-])cc1COC. The van der Waals surface area contributed by atoms with E-state index in [2.05, 4.69) is 6.58 Å². The fraction of sp³-hybridized carbons (Fsp3) is 0.385. The van der Waals surface area contributed by atoms with E-state index in [1.807, 2.05) is 18.9 Å². The molecular weight excluding hydrogens is 232 g/mol. The lowest BCUT2D eigenvalue weighted by molar-refractivity contribution is -0.384. The van der Waals surface area contributed by atoms with Crippen LogP contribution in [0.4, 0.5) is 11.4 Å². The zero-order chi connectivity index (χ0) is 13.7. The number of nitro groups is 1. The quantitative estimate of drug-likeness (QED) is 0.442. The van der Waals surface area contributed by atoms with Crippen molar-refractivity contribution in [3.8, 4) is 0 Å². The molecule has 0 aliphatic heterocycles. The highest BCUT2D eigenvalue weighted by Gasteiger charge is 2.13. The second kappa shape index (κ2) is 6.16. The molecule has 0 atom stereocenters. The molecule has 0 radical (unpaired) electrons. The molecule has 0 bridgehead atoms. The Bertz CT molecular complexity index is 458. The number of non-ortho nitro benzene ring substituents is 1. The molecule has 0 aliphatic rings. The largest absolute Gasteiger partial charge is 0.380 e. The van der Waals surface area contributed by atoms with Gasteiger partial charge in [0.1, 0.15) is 0 Å². The third-order valence-electron chi connectivity index (χ3n) is 2.49. The van der Waals surface area contributed by atoms with E-state index in [-0.39, 0.29) is 5.69 Å². The van der Waals surface area contributed by atoms with Gasteiger partial charge in [-0.25, -0.2) is 0 Å². The van der Waals surface area contributed by atoms with Gasteiger partial charge in [0.2, 0.25) is 0 Å². The summed E-state index contributed by atoms with van der Waals surface area (Å²) in [5.74, 6) is 0. The second-order valence-electron chi connectivity index (χ2n) is 4.32. The third-order valence-corrected chi connectivity index (χ3v) is 2.49. The van der Waals surface area contributed by atoms with Crippen LogP contribution in [0.2, 0.25) is 0 Å². The van der Waals surface area contributed by atoms with Gasteiger partial charge in [0.15, 0.2) is 0 Å². The number of benzene rings is 1. The minimum Gasteiger partial charge on any atom is -0.380 e. The first kappa shape index (κ1) is 14.2. The normalized spacial score (nSPS) is 10.2. The Kier molecular flexibility index (Phi) is 4.85. The molecule has 0 saturated heterocycles. The molecule has 1 aromatic carbocycles. The van der Waals surface area contributed by atoms with Crippen molar-refractivity contribution in [2.24, 2.45) is 0 Å². The first-order valence-electron chi connectivity index (χ1n) is 5.57. The van der Waals surface area contributed by atoms with Crippen molar-refractivity contribution in [1.29, 1.82) is 0 Å². The Labute approximate surface area is 107 Å². The van der Waals surface area contributed by atoms with Crippen LogP contribution in [0.25, 0.3) is 0 Å². The minimum atomic E-state index is -0.401. The average Bonchev–Trinajstić information content (AvgIpc) is 2.28. The van der Waals surface area contributed by atoms with Crippen LogP contribution in [0, 0.1) is 10.1 Å². The zero-order valence-corrected chi connectivity index (χ0v) is 11.0. The summed E-state index contributed by atoms with van der Waals surface area (Å²) in [7, 11) is 3.50. The lowest BCUT2D eigenvalue weighted by Gasteiger charge is -2.22. The Morgan fingerprint density at radius 1 is 1.56 bits per heavy atom. The molecule has 0 heterocycles. The number of hydrogen-bond donors (Lipinski definition) is 0. The fourth-order valence-corrected chi connectivity index (χ4v) is 1.82. The molecule has 0 aliphatic carbocycles. The van der Waals surface area contributed by atoms with Gasteiger partial charge in [-0.15, -0.1) is 0 Å². The van der Waals surface area contributed by atoms with E-state index >= 15 is 0 Å². The molecule has 0 unspecified atom stereocenters. The van der Waals surface area contributed by atoms with Gasteiger partial charge in [-0.2, -0.15) is 0 Å². The van der Waals surface area contributed by atoms with Gasteiger partial charge < -0.3 is 9.64 Å². The van der Waals surface area contributed by atoms with Gasteiger partial charge >= 0.3 is 0 Å². The van der Waals surface area contributed by atoms with E-state index in [1.54, 1.807) is 19.2 Å². The van der Waals surface area contributed by atoms with E-state index in [1.165, 1.54) is 6.07 Å². The number of methoxy groups -OCH3 is 1. The van der Waals surface area contributed by atoms with Crippen molar-refractivity contribution in [1.82, 2.24) is 0 Å². The standard InChI is InChI=1S/C13H18N2O3/c1-10(2)8-14(3)13-6-5-12(15(16)17)7-11(13)9-18-4/h5-7H,1,8-9H2,2-4H3. The summed E-state index contributed by atoms with van der Waals surface area (Å²) in [5, 5.41) is 10.8. The summed E-state index contributed by atoms with van der Waals surface area (Å²) in [5.41, 5.74) is 2.83. The topological polar surface area (TPSA) is 55.6 Å². The molecule has 0 N–H and O–H groups in total. The molecule has 1 aromatic rings. The molecule has 0 amide bonds. The maximum atomic E-state index is 10.8. The molecule has 0 aromatic heterocycles. The van der Waals surface area contributed by atoms with E-state index in [0.29, 0.717) is 13.2 Å². The van der Waals surface area contributed by atoms with Crippen LogP contribution in [-0.2, 0) is 11.3 Å². The first-order valence-corrected chi connectivity index (χ1v) is 5.57. The maximum absolute atomic E-state index is 10.8. The van der Waals surface area contributed by atoms with Crippen molar-refractivity contribution in [3.05, 3.63) is 46.0 Å². The van der Waals surface area contributed by atoms with Crippen molar-refractivity contribution in [2.75, 3.05) is 25.6 Å². The minimum absolute atomic E-state index is 0.0783. The van der Waals surface area contributed by atoms with Crippen LogP contribution in [0.15, 0.2) is 30.4 Å². The predicted octanol–water partition coefficient (Wildman–Crippen LogP) is 2.75. The van der Waals surface area contributed by atoms with Crippen LogP contribution < -0.4 is 4.90 Å². The van der Waals surface area contributed by atoms with Crippen LogP contribution in [-0.4, -0.2) is 25.6 Å². The molecule has 18 heavy (non-hydrogen) atoms. The molecule has 5 nitrogen and oxygen atoms in total. The second-order valence-corrected chi connectivity index (χ2v) is 4.32. The number of rotatable bonds is 6. The zero-order valence-electron chi connectivity index (χ0n) is 11.0. The first-order chi connectivity index (χ1) is 8.45. The van der Waals surface area contributed by atoms with Crippen LogP contribution in [0.3, 0.4) is 0 Å². The Morgan fingerprint density at radius 3 is 2.72 bits per heavy atom. The number of likely N-dealkylation sites (N-methyl/N-ethyl adjacent to an activating group) is 1. The summed E-state index contributed by atoms with van der Waals surface area (Å²) in [4.78, 5) is 12.4. The lowest BCUT2D eigenvalue weighted by Crippen LogP contribution is -2.20. The van der Waals surface area contributed by atoms with Crippen LogP contribution in [0.5, 0.6) is 0 Å². The van der Waals surface area contributed by atoms with Gasteiger partial charge in [-0.3, -0.25) is 10.1 Å². The van der Waals surface area contributed by atoms with E-state index in [4.69, 9.17) is 4.74 Å². The van der Waals surface area contributed by atoms with Gasteiger partial charge in [-0.1, -0.05) is 12.2 Å². The van der Waals surface area contributed by atoms with E-state index < -0.39 is 4.92 Å².